The van der Waals surface area contributed by atoms with Crippen LogP contribution in [0.1, 0.15) is 85.0 Å². The highest BCUT2D eigenvalue weighted by Crippen LogP contribution is 2.66. The number of fused-ring (bicyclic) bond motifs is 5. The van der Waals surface area contributed by atoms with Crippen molar-refractivity contribution in [2.45, 2.75) is 91.1 Å². The van der Waals surface area contributed by atoms with E-state index in [4.69, 9.17) is 9.99 Å². The van der Waals surface area contributed by atoms with Crippen LogP contribution in [0.15, 0.2) is 5.16 Å². The molecule has 0 aromatic rings. The second-order valence-corrected chi connectivity index (χ2v) is 11.3. The Kier molecular flexibility index (Phi) is 5.08. The number of carbonyl (C=O) groups is 1. The van der Waals surface area contributed by atoms with Gasteiger partial charge in [0.2, 0.25) is 0 Å². The van der Waals surface area contributed by atoms with E-state index < -0.39 is 0 Å². The van der Waals surface area contributed by atoms with Gasteiger partial charge in [0.15, 0.2) is 0 Å². The summed E-state index contributed by atoms with van der Waals surface area (Å²) in [6.07, 6.45) is 11.9. The average Bonchev–Trinajstić information content (AvgIpc) is 3.34. The lowest BCUT2D eigenvalue weighted by Gasteiger charge is -2.61. The fraction of sp³-hybridized carbons (Fsp3) is 0.920. The second kappa shape index (κ2) is 7.35. The zero-order valence-corrected chi connectivity index (χ0v) is 18.7. The summed E-state index contributed by atoms with van der Waals surface area (Å²) in [6, 6.07) is 0. The van der Waals surface area contributed by atoms with Gasteiger partial charge >= 0.3 is 0 Å². The highest BCUT2D eigenvalue weighted by atomic mass is 16.6. The standard InChI is InChI=1S/C25H40N2O2/c1-4-17-19-6-5-18-20-7-8-23(28)25(20,3)12-9-21(18)24(19,2)13-10-22(17)27-29-16-11-14-26-15-16/h16-21,26H,4-15H2,1-3H3/b27-22+/t16-,17+,18-,19?,20-,21-,24-,25-/m0/s1. The molecular weight excluding hydrogens is 360 g/mol. The van der Waals surface area contributed by atoms with Crippen LogP contribution in [0, 0.1) is 40.4 Å². The first kappa shape index (κ1) is 20.0. The van der Waals surface area contributed by atoms with Crippen molar-refractivity contribution in [1.82, 2.24) is 5.32 Å². The first-order valence-corrected chi connectivity index (χ1v) is 12.4. The topological polar surface area (TPSA) is 50.7 Å². The number of carbonyl (C=O) groups excluding carboxylic acids is 1. The van der Waals surface area contributed by atoms with Gasteiger partial charge in [0.05, 0.1) is 5.71 Å². The molecule has 5 aliphatic rings. The molecule has 0 aromatic carbocycles. The van der Waals surface area contributed by atoms with Crippen molar-refractivity contribution in [2.75, 3.05) is 13.1 Å². The Bertz CT molecular complexity index is 684. The van der Waals surface area contributed by atoms with Crippen LogP contribution >= 0.6 is 0 Å². The van der Waals surface area contributed by atoms with Gasteiger partial charge in [-0.15, -0.1) is 0 Å². The third-order valence-electron chi connectivity index (χ3n) is 10.3. The number of Topliss-reactive ketones (excluding diaryl/α,β-unsaturated/α-hetero) is 1. The van der Waals surface area contributed by atoms with Crippen molar-refractivity contribution < 1.29 is 9.63 Å². The van der Waals surface area contributed by atoms with Gasteiger partial charge in [-0.3, -0.25) is 4.79 Å². The van der Waals surface area contributed by atoms with E-state index in [1.165, 1.54) is 37.8 Å². The lowest BCUT2D eigenvalue weighted by atomic mass is 9.43. The van der Waals surface area contributed by atoms with Crippen LogP contribution in [0.5, 0.6) is 0 Å². The molecule has 4 aliphatic carbocycles. The minimum Gasteiger partial charge on any atom is -0.391 e. The van der Waals surface area contributed by atoms with E-state index in [1.54, 1.807) is 0 Å². The molecule has 5 rings (SSSR count). The first-order chi connectivity index (χ1) is 14.0. The molecule has 1 N–H and O–H groups in total. The van der Waals surface area contributed by atoms with Crippen LogP contribution < -0.4 is 5.32 Å². The summed E-state index contributed by atoms with van der Waals surface area (Å²) >= 11 is 0. The van der Waals surface area contributed by atoms with E-state index in [-0.39, 0.29) is 11.5 Å². The Morgan fingerprint density at radius 1 is 1.03 bits per heavy atom. The summed E-state index contributed by atoms with van der Waals surface area (Å²) in [7, 11) is 0. The maximum atomic E-state index is 12.7. The number of rotatable bonds is 3. The maximum absolute atomic E-state index is 12.7. The highest BCUT2D eigenvalue weighted by Gasteiger charge is 2.61. The molecule has 5 fully saturated rings. The first-order valence-electron chi connectivity index (χ1n) is 12.4. The monoisotopic (exact) mass is 400 g/mol. The van der Waals surface area contributed by atoms with Crippen LogP contribution in [-0.4, -0.2) is 30.7 Å². The third-order valence-corrected chi connectivity index (χ3v) is 10.3. The normalized spacial score (nSPS) is 50.9. The summed E-state index contributed by atoms with van der Waals surface area (Å²) in [5, 5.41) is 8.12. The SMILES string of the molecule is CC[C@H]1/C(=N/O[C@H]2CCNC2)CC[C@@]2(C)C1CC[C@@H]1[C@@H]2CC[C@]2(C)C(=O)CC[C@@H]12. The minimum absolute atomic E-state index is 0.00103. The lowest BCUT2D eigenvalue weighted by molar-refractivity contribution is -0.138. The molecule has 29 heavy (non-hydrogen) atoms. The summed E-state index contributed by atoms with van der Waals surface area (Å²) in [6.45, 7) is 9.25. The minimum atomic E-state index is -0.00103. The molecule has 1 aliphatic heterocycles. The molecule has 162 valence electrons. The van der Waals surface area contributed by atoms with E-state index in [2.05, 4.69) is 26.1 Å². The smallest absolute Gasteiger partial charge is 0.141 e. The van der Waals surface area contributed by atoms with Crippen molar-refractivity contribution in [1.29, 1.82) is 0 Å². The highest BCUT2D eigenvalue weighted by molar-refractivity contribution is 5.88. The predicted molar refractivity (Wildman–Crippen MR) is 116 cm³/mol. The molecule has 1 heterocycles. The Morgan fingerprint density at radius 2 is 1.90 bits per heavy atom. The maximum Gasteiger partial charge on any atom is 0.141 e. The number of nitrogens with zero attached hydrogens (tertiary/aromatic N) is 1. The summed E-state index contributed by atoms with van der Waals surface area (Å²) < 4.78 is 0. The Morgan fingerprint density at radius 3 is 2.66 bits per heavy atom. The van der Waals surface area contributed by atoms with Crippen LogP contribution in [0.25, 0.3) is 0 Å². The summed E-state index contributed by atoms with van der Waals surface area (Å²) in [4.78, 5) is 18.6. The van der Waals surface area contributed by atoms with E-state index in [0.29, 0.717) is 23.0 Å². The average molecular weight is 401 g/mol. The lowest BCUT2D eigenvalue weighted by Crippen LogP contribution is -2.56. The van der Waals surface area contributed by atoms with Crippen LogP contribution in [0.2, 0.25) is 0 Å². The van der Waals surface area contributed by atoms with Crippen molar-refractivity contribution in [2.24, 2.45) is 45.6 Å². The zero-order valence-electron chi connectivity index (χ0n) is 18.7. The quantitative estimate of drug-likeness (QED) is 0.681. The van der Waals surface area contributed by atoms with Gasteiger partial charge in [0, 0.05) is 30.7 Å². The molecule has 4 heteroatoms. The van der Waals surface area contributed by atoms with Crippen molar-refractivity contribution in [3.05, 3.63) is 0 Å². The van der Waals surface area contributed by atoms with Crippen molar-refractivity contribution in [3.8, 4) is 0 Å². The van der Waals surface area contributed by atoms with Crippen molar-refractivity contribution >= 4 is 11.5 Å². The summed E-state index contributed by atoms with van der Waals surface area (Å²) in [5.41, 5.74) is 1.76. The molecule has 0 amide bonds. The molecule has 0 aromatic heterocycles. The number of oxime groups is 1. The number of hydrogen-bond acceptors (Lipinski definition) is 4. The number of nitrogens with one attached hydrogen (secondary N) is 1. The molecule has 1 unspecified atom stereocenters. The van der Waals surface area contributed by atoms with Gasteiger partial charge in [-0.1, -0.05) is 25.9 Å². The molecule has 0 bridgehead atoms. The Labute approximate surface area is 176 Å². The zero-order chi connectivity index (χ0) is 20.2. The van der Waals surface area contributed by atoms with Gasteiger partial charge < -0.3 is 10.2 Å². The fourth-order valence-electron chi connectivity index (χ4n) is 8.60. The van der Waals surface area contributed by atoms with E-state index in [0.717, 1.165) is 62.9 Å². The van der Waals surface area contributed by atoms with Gasteiger partial charge in [-0.25, -0.2) is 0 Å². The largest absolute Gasteiger partial charge is 0.391 e. The molecule has 4 nitrogen and oxygen atoms in total. The van der Waals surface area contributed by atoms with E-state index in [9.17, 15) is 4.79 Å². The molecule has 4 saturated carbocycles. The van der Waals surface area contributed by atoms with E-state index >= 15 is 0 Å². The molecule has 0 radical (unpaired) electrons. The van der Waals surface area contributed by atoms with Gasteiger partial charge in [0.25, 0.3) is 0 Å². The third kappa shape index (κ3) is 3.03. The van der Waals surface area contributed by atoms with Gasteiger partial charge in [-0.2, -0.15) is 0 Å². The van der Waals surface area contributed by atoms with Crippen molar-refractivity contribution in [3.63, 3.8) is 0 Å². The predicted octanol–water partition coefficient (Wildman–Crippen LogP) is 4.97. The molecular formula is C25H40N2O2. The molecule has 8 atom stereocenters. The van der Waals surface area contributed by atoms with E-state index in [1.807, 2.05) is 0 Å². The van der Waals surface area contributed by atoms with Crippen LogP contribution in [-0.2, 0) is 9.63 Å². The molecule has 0 spiro atoms. The number of ketones is 1. The Balaban J connectivity index is 1.36. The van der Waals surface area contributed by atoms with Crippen LogP contribution in [0.4, 0.5) is 0 Å². The summed E-state index contributed by atoms with van der Waals surface area (Å²) in [5.74, 6) is 4.13. The molecule has 1 saturated heterocycles. The van der Waals surface area contributed by atoms with Crippen LogP contribution in [0.3, 0.4) is 0 Å². The van der Waals surface area contributed by atoms with Gasteiger partial charge in [0.1, 0.15) is 11.9 Å². The second-order valence-electron chi connectivity index (χ2n) is 11.3. The fourth-order valence-corrected chi connectivity index (χ4v) is 8.60. The number of hydrogen-bond donors (Lipinski definition) is 1. The van der Waals surface area contributed by atoms with Gasteiger partial charge in [-0.05, 0) is 87.0 Å². The Hall–Kier alpha value is -0.900.